The Morgan fingerprint density at radius 3 is 2.30 bits per heavy atom. The molecule has 0 heterocycles. The first kappa shape index (κ1) is 16.8. The van der Waals surface area contributed by atoms with Crippen molar-refractivity contribution in [2.45, 2.75) is 19.6 Å². The summed E-state index contributed by atoms with van der Waals surface area (Å²) in [7, 11) is 6.81. The van der Waals surface area contributed by atoms with Crippen LogP contribution in [0.5, 0.6) is 11.5 Å². The monoisotopic (exact) mass is 283 g/mol. The van der Waals surface area contributed by atoms with Gasteiger partial charge in [0.05, 0.1) is 26.9 Å². The fourth-order valence-corrected chi connectivity index (χ4v) is 2.15. The average molecular weight is 283 g/mol. The quantitative estimate of drug-likeness (QED) is 0.782. The van der Waals surface area contributed by atoms with Crippen LogP contribution in [0.3, 0.4) is 0 Å². The van der Waals surface area contributed by atoms with E-state index in [1.165, 1.54) is 0 Å². The van der Waals surface area contributed by atoms with Gasteiger partial charge in [0.2, 0.25) is 0 Å². The lowest BCUT2D eigenvalue weighted by atomic mass is 10.1. The van der Waals surface area contributed by atoms with Gasteiger partial charge in [0.25, 0.3) is 0 Å². The first-order valence-corrected chi connectivity index (χ1v) is 6.58. The maximum atomic E-state index is 9.74. The summed E-state index contributed by atoms with van der Waals surface area (Å²) < 4.78 is 15.5. The molecule has 0 radical (unpaired) electrons. The van der Waals surface area contributed by atoms with Gasteiger partial charge < -0.3 is 19.3 Å². The Labute approximate surface area is 121 Å². The number of ether oxygens (including phenoxy) is 3. The van der Waals surface area contributed by atoms with E-state index in [1.54, 1.807) is 21.3 Å². The topological polar surface area (TPSA) is 51.2 Å². The zero-order valence-corrected chi connectivity index (χ0v) is 13.0. The van der Waals surface area contributed by atoms with Crippen molar-refractivity contribution >= 4 is 0 Å². The van der Waals surface area contributed by atoms with Gasteiger partial charge in [0, 0.05) is 20.2 Å². The van der Waals surface area contributed by atoms with E-state index in [9.17, 15) is 5.11 Å². The number of nitrogens with zero attached hydrogens (tertiary/aromatic N) is 1. The molecule has 0 bridgehead atoms. The molecule has 0 aliphatic heterocycles. The van der Waals surface area contributed by atoms with E-state index < -0.39 is 6.10 Å². The third-order valence-electron chi connectivity index (χ3n) is 3.16. The molecule has 20 heavy (non-hydrogen) atoms. The van der Waals surface area contributed by atoms with Crippen LogP contribution in [-0.2, 0) is 11.3 Å². The summed E-state index contributed by atoms with van der Waals surface area (Å²) in [6.07, 6.45) is -0.481. The number of aryl methyl sites for hydroxylation is 1. The van der Waals surface area contributed by atoms with Gasteiger partial charge in [-0.2, -0.15) is 0 Å². The van der Waals surface area contributed by atoms with Crippen LogP contribution >= 0.6 is 0 Å². The number of aliphatic hydroxyl groups is 1. The summed E-state index contributed by atoms with van der Waals surface area (Å²) in [5.41, 5.74) is 2.28. The lowest BCUT2D eigenvalue weighted by Crippen LogP contribution is -2.31. The normalized spacial score (nSPS) is 12.6. The summed E-state index contributed by atoms with van der Waals surface area (Å²) in [5, 5.41) is 9.74. The molecule has 0 amide bonds. The molecule has 0 aliphatic carbocycles. The van der Waals surface area contributed by atoms with E-state index in [4.69, 9.17) is 14.2 Å². The third kappa shape index (κ3) is 4.67. The molecule has 0 fully saturated rings. The minimum Gasteiger partial charge on any atom is -0.493 e. The number of methoxy groups -OCH3 is 3. The van der Waals surface area contributed by atoms with Crippen molar-refractivity contribution in [1.82, 2.24) is 4.90 Å². The molecule has 0 spiro atoms. The summed E-state index contributed by atoms with van der Waals surface area (Å²) in [5.74, 6) is 1.45. The van der Waals surface area contributed by atoms with Gasteiger partial charge in [-0.15, -0.1) is 0 Å². The smallest absolute Gasteiger partial charge is 0.161 e. The summed E-state index contributed by atoms with van der Waals surface area (Å²) in [6.45, 7) is 3.67. The molecule has 1 N–H and O–H groups in total. The van der Waals surface area contributed by atoms with Gasteiger partial charge >= 0.3 is 0 Å². The zero-order chi connectivity index (χ0) is 15.1. The van der Waals surface area contributed by atoms with Crippen molar-refractivity contribution in [2.75, 3.05) is 41.5 Å². The number of benzene rings is 1. The van der Waals surface area contributed by atoms with E-state index in [1.807, 2.05) is 26.1 Å². The molecule has 5 nitrogen and oxygen atoms in total. The molecule has 5 heteroatoms. The molecule has 1 aromatic rings. The van der Waals surface area contributed by atoms with Crippen LogP contribution in [0, 0.1) is 6.92 Å². The van der Waals surface area contributed by atoms with Gasteiger partial charge in [0.15, 0.2) is 11.5 Å². The van der Waals surface area contributed by atoms with Crippen LogP contribution in [0.2, 0.25) is 0 Å². The Morgan fingerprint density at radius 2 is 1.75 bits per heavy atom. The van der Waals surface area contributed by atoms with Crippen LogP contribution in [0.4, 0.5) is 0 Å². The molecular weight excluding hydrogens is 258 g/mol. The van der Waals surface area contributed by atoms with E-state index >= 15 is 0 Å². The first-order chi connectivity index (χ1) is 9.51. The fraction of sp³-hybridized carbons (Fsp3) is 0.600. The average Bonchev–Trinajstić information content (AvgIpc) is 2.40. The van der Waals surface area contributed by atoms with E-state index in [2.05, 4.69) is 4.90 Å². The van der Waals surface area contributed by atoms with Gasteiger partial charge in [0.1, 0.15) is 0 Å². The SMILES string of the molecule is COCC(O)CN(C)Cc1cc(OC)c(OC)cc1C. The third-order valence-corrected chi connectivity index (χ3v) is 3.16. The minimum absolute atomic E-state index is 0.343. The van der Waals surface area contributed by atoms with Gasteiger partial charge in [-0.25, -0.2) is 0 Å². The molecule has 1 rings (SSSR count). The molecule has 0 aliphatic rings. The van der Waals surface area contributed by atoms with Gasteiger partial charge in [-0.05, 0) is 37.2 Å². The second-order valence-corrected chi connectivity index (χ2v) is 4.94. The predicted octanol–water partition coefficient (Wildman–Crippen LogP) is 1.45. The molecule has 0 aromatic heterocycles. The van der Waals surface area contributed by atoms with Crippen molar-refractivity contribution in [1.29, 1.82) is 0 Å². The maximum Gasteiger partial charge on any atom is 0.161 e. The van der Waals surface area contributed by atoms with Crippen LogP contribution in [0.25, 0.3) is 0 Å². The lowest BCUT2D eigenvalue weighted by molar-refractivity contribution is 0.0418. The van der Waals surface area contributed by atoms with Crippen molar-refractivity contribution in [3.8, 4) is 11.5 Å². The lowest BCUT2D eigenvalue weighted by Gasteiger charge is -2.22. The Balaban J connectivity index is 2.76. The minimum atomic E-state index is -0.481. The Kier molecular flexibility index (Phi) is 6.78. The molecule has 1 atom stereocenters. The van der Waals surface area contributed by atoms with Crippen molar-refractivity contribution < 1.29 is 19.3 Å². The van der Waals surface area contributed by atoms with E-state index in [0.29, 0.717) is 13.2 Å². The number of hydrogen-bond acceptors (Lipinski definition) is 5. The fourth-order valence-electron chi connectivity index (χ4n) is 2.15. The summed E-state index contributed by atoms with van der Waals surface area (Å²) in [6, 6.07) is 3.95. The van der Waals surface area contributed by atoms with E-state index in [-0.39, 0.29) is 0 Å². The largest absolute Gasteiger partial charge is 0.493 e. The highest BCUT2D eigenvalue weighted by Crippen LogP contribution is 2.30. The number of rotatable bonds is 8. The summed E-state index contributed by atoms with van der Waals surface area (Å²) >= 11 is 0. The molecule has 1 aromatic carbocycles. The molecule has 0 saturated carbocycles. The van der Waals surface area contributed by atoms with Crippen LogP contribution < -0.4 is 9.47 Å². The van der Waals surface area contributed by atoms with Crippen molar-refractivity contribution in [3.63, 3.8) is 0 Å². The second kappa shape index (κ2) is 8.09. The van der Waals surface area contributed by atoms with Gasteiger partial charge in [-0.1, -0.05) is 0 Å². The van der Waals surface area contributed by atoms with Crippen LogP contribution in [0.15, 0.2) is 12.1 Å². The Bertz CT molecular complexity index is 423. The van der Waals surface area contributed by atoms with Crippen molar-refractivity contribution in [3.05, 3.63) is 23.3 Å². The standard InChI is InChI=1S/C15H25NO4/c1-11-6-14(19-4)15(20-5)7-12(11)8-16(2)9-13(17)10-18-3/h6-7,13,17H,8-10H2,1-5H3. The van der Waals surface area contributed by atoms with Crippen molar-refractivity contribution in [2.24, 2.45) is 0 Å². The first-order valence-electron chi connectivity index (χ1n) is 6.58. The molecule has 114 valence electrons. The zero-order valence-electron chi connectivity index (χ0n) is 13.0. The highest BCUT2D eigenvalue weighted by atomic mass is 16.5. The Hall–Kier alpha value is -1.30. The Morgan fingerprint density at radius 1 is 1.15 bits per heavy atom. The van der Waals surface area contributed by atoms with Gasteiger partial charge in [-0.3, -0.25) is 4.90 Å². The number of hydrogen-bond donors (Lipinski definition) is 1. The van der Waals surface area contributed by atoms with Crippen LogP contribution in [0.1, 0.15) is 11.1 Å². The predicted molar refractivity (Wildman–Crippen MR) is 78.5 cm³/mol. The van der Waals surface area contributed by atoms with Crippen LogP contribution in [-0.4, -0.2) is 57.6 Å². The second-order valence-electron chi connectivity index (χ2n) is 4.94. The molecular formula is C15H25NO4. The maximum absolute atomic E-state index is 9.74. The highest BCUT2D eigenvalue weighted by Gasteiger charge is 2.12. The summed E-state index contributed by atoms with van der Waals surface area (Å²) in [4.78, 5) is 2.05. The number of aliphatic hydroxyl groups excluding tert-OH is 1. The number of likely N-dealkylation sites (N-methyl/N-ethyl adjacent to an activating group) is 1. The van der Waals surface area contributed by atoms with E-state index in [0.717, 1.165) is 29.2 Å². The molecule has 1 unspecified atom stereocenters. The highest BCUT2D eigenvalue weighted by molar-refractivity contribution is 5.47. The molecule has 0 saturated heterocycles.